The molecule has 1 aliphatic rings. The highest BCUT2D eigenvalue weighted by Gasteiger charge is 2.34. The third-order valence-electron chi connectivity index (χ3n) is 3.25. The predicted octanol–water partition coefficient (Wildman–Crippen LogP) is 2.80. The van der Waals surface area contributed by atoms with Crippen LogP contribution in [0.1, 0.15) is 43.2 Å². The van der Waals surface area contributed by atoms with E-state index in [-0.39, 0.29) is 11.8 Å². The number of rotatable bonds is 4. The summed E-state index contributed by atoms with van der Waals surface area (Å²) in [4.78, 5) is 1.36. The average molecular weight is 273 g/mol. The highest BCUT2D eigenvalue weighted by atomic mass is 32.2. The number of thiophene rings is 1. The van der Waals surface area contributed by atoms with Gasteiger partial charge in [-0.1, -0.05) is 13.8 Å². The Morgan fingerprint density at radius 1 is 1.47 bits per heavy atom. The zero-order chi connectivity index (χ0) is 12.5. The SMILES string of the molecule is CCCS(=O)(=O)N1CCc2sccc2C1CC. The van der Waals surface area contributed by atoms with Crippen molar-refractivity contribution in [1.29, 1.82) is 0 Å². The van der Waals surface area contributed by atoms with Crippen molar-refractivity contribution in [3.05, 3.63) is 21.9 Å². The molecule has 1 aliphatic heterocycles. The topological polar surface area (TPSA) is 37.4 Å². The van der Waals surface area contributed by atoms with Crippen LogP contribution in [0, 0.1) is 0 Å². The molecule has 3 nitrogen and oxygen atoms in total. The zero-order valence-corrected chi connectivity index (χ0v) is 12.0. The lowest BCUT2D eigenvalue weighted by molar-refractivity contribution is 0.303. The Kier molecular flexibility index (Phi) is 3.90. The van der Waals surface area contributed by atoms with Crippen molar-refractivity contribution in [2.75, 3.05) is 12.3 Å². The lowest BCUT2D eigenvalue weighted by Gasteiger charge is -2.34. The van der Waals surface area contributed by atoms with E-state index >= 15 is 0 Å². The molecule has 0 radical (unpaired) electrons. The van der Waals surface area contributed by atoms with Crippen LogP contribution in [-0.4, -0.2) is 25.0 Å². The molecule has 0 saturated heterocycles. The molecule has 0 aliphatic carbocycles. The van der Waals surface area contributed by atoms with Crippen LogP contribution in [0.4, 0.5) is 0 Å². The highest BCUT2D eigenvalue weighted by molar-refractivity contribution is 7.89. The van der Waals surface area contributed by atoms with Crippen LogP contribution >= 0.6 is 11.3 Å². The lowest BCUT2D eigenvalue weighted by atomic mass is 10.0. The van der Waals surface area contributed by atoms with E-state index in [1.807, 2.05) is 6.92 Å². The summed E-state index contributed by atoms with van der Waals surface area (Å²) in [7, 11) is -3.08. The molecular weight excluding hydrogens is 254 g/mol. The Morgan fingerprint density at radius 3 is 2.88 bits per heavy atom. The molecule has 5 heteroatoms. The Balaban J connectivity index is 2.33. The van der Waals surface area contributed by atoms with Gasteiger partial charge in [-0.25, -0.2) is 8.42 Å². The van der Waals surface area contributed by atoms with Gasteiger partial charge in [0.1, 0.15) is 0 Å². The van der Waals surface area contributed by atoms with Crippen molar-refractivity contribution >= 4 is 21.4 Å². The Hall–Kier alpha value is -0.390. The number of hydrogen-bond donors (Lipinski definition) is 0. The van der Waals surface area contributed by atoms with Crippen molar-refractivity contribution in [2.45, 2.75) is 39.2 Å². The molecule has 17 heavy (non-hydrogen) atoms. The van der Waals surface area contributed by atoms with Crippen LogP contribution in [0.5, 0.6) is 0 Å². The summed E-state index contributed by atoms with van der Waals surface area (Å²) >= 11 is 1.75. The first-order valence-electron chi connectivity index (χ1n) is 6.16. The summed E-state index contributed by atoms with van der Waals surface area (Å²) < 4.78 is 26.1. The van der Waals surface area contributed by atoms with E-state index in [0.29, 0.717) is 13.0 Å². The predicted molar refractivity (Wildman–Crippen MR) is 71.8 cm³/mol. The summed E-state index contributed by atoms with van der Waals surface area (Å²) in [6.45, 7) is 4.62. The van der Waals surface area contributed by atoms with Crippen molar-refractivity contribution in [3.63, 3.8) is 0 Å². The first kappa shape index (κ1) is 13.1. The molecule has 0 saturated carbocycles. The van der Waals surface area contributed by atoms with Gasteiger partial charge in [-0.15, -0.1) is 11.3 Å². The van der Waals surface area contributed by atoms with Gasteiger partial charge >= 0.3 is 0 Å². The van der Waals surface area contributed by atoms with E-state index in [1.165, 1.54) is 10.4 Å². The van der Waals surface area contributed by atoms with Gasteiger partial charge in [0.25, 0.3) is 0 Å². The summed E-state index contributed by atoms with van der Waals surface area (Å²) in [6.07, 6.45) is 2.41. The molecule has 2 rings (SSSR count). The van der Waals surface area contributed by atoms with Gasteiger partial charge < -0.3 is 0 Å². The highest BCUT2D eigenvalue weighted by Crippen LogP contribution is 2.36. The number of sulfonamides is 1. The van der Waals surface area contributed by atoms with Crippen molar-refractivity contribution in [3.8, 4) is 0 Å². The minimum atomic E-state index is -3.08. The van der Waals surface area contributed by atoms with Crippen molar-refractivity contribution in [1.82, 2.24) is 4.31 Å². The molecule has 1 atom stereocenters. The average Bonchev–Trinajstić information content (AvgIpc) is 2.75. The second-order valence-electron chi connectivity index (χ2n) is 4.40. The fraction of sp³-hybridized carbons (Fsp3) is 0.667. The molecule has 96 valence electrons. The van der Waals surface area contributed by atoms with Gasteiger partial charge in [0.05, 0.1) is 11.8 Å². The number of nitrogens with zero attached hydrogens (tertiary/aromatic N) is 1. The van der Waals surface area contributed by atoms with Crippen LogP contribution in [0.15, 0.2) is 11.4 Å². The van der Waals surface area contributed by atoms with Gasteiger partial charge in [0.2, 0.25) is 10.0 Å². The first-order valence-corrected chi connectivity index (χ1v) is 8.64. The van der Waals surface area contributed by atoms with Gasteiger partial charge in [-0.05, 0) is 36.3 Å². The maximum Gasteiger partial charge on any atom is 0.214 e. The Bertz CT molecular complexity index is 478. The molecule has 0 aromatic carbocycles. The molecule has 2 heterocycles. The molecule has 0 amide bonds. The first-order chi connectivity index (χ1) is 8.10. The maximum absolute atomic E-state index is 12.2. The molecule has 0 fully saturated rings. The molecule has 1 aromatic rings. The molecule has 1 aromatic heterocycles. The molecule has 1 unspecified atom stereocenters. The zero-order valence-electron chi connectivity index (χ0n) is 10.3. The third-order valence-corrected chi connectivity index (χ3v) is 6.32. The largest absolute Gasteiger partial charge is 0.214 e. The van der Waals surface area contributed by atoms with Crippen molar-refractivity contribution in [2.24, 2.45) is 0 Å². The van der Waals surface area contributed by atoms with Gasteiger partial charge in [0.15, 0.2) is 0 Å². The van der Waals surface area contributed by atoms with E-state index in [2.05, 4.69) is 18.4 Å². The minimum Gasteiger partial charge on any atom is -0.212 e. The van der Waals surface area contributed by atoms with Gasteiger partial charge in [0, 0.05) is 11.4 Å². The molecule has 0 bridgehead atoms. The normalized spacial score (nSPS) is 21.4. The lowest BCUT2D eigenvalue weighted by Crippen LogP contribution is -2.40. The maximum atomic E-state index is 12.2. The monoisotopic (exact) mass is 273 g/mol. The summed E-state index contributed by atoms with van der Waals surface area (Å²) in [5.74, 6) is 0.267. The van der Waals surface area contributed by atoms with Crippen molar-refractivity contribution < 1.29 is 8.42 Å². The minimum absolute atomic E-state index is 0.0570. The standard InChI is InChI=1S/C12H19NO2S2/c1-3-9-17(14,15)13-7-5-12-10(6-8-16-12)11(13)4-2/h6,8,11H,3-5,7,9H2,1-2H3. The summed E-state index contributed by atoms with van der Waals surface area (Å²) in [6, 6.07) is 2.14. The smallest absolute Gasteiger partial charge is 0.212 e. The van der Waals surface area contributed by atoms with E-state index < -0.39 is 10.0 Å². The quantitative estimate of drug-likeness (QED) is 0.846. The Morgan fingerprint density at radius 2 is 2.24 bits per heavy atom. The number of fused-ring (bicyclic) bond motifs is 1. The van der Waals surface area contributed by atoms with Gasteiger partial charge in [-0.2, -0.15) is 4.31 Å². The second-order valence-corrected chi connectivity index (χ2v) is 7.44. The molecule has 0 spiro atoms. The molecular formula is C12H19NO2S2. The molecule has 0 N–H and O–H groups in total. The van der Waals surface area contributed by atoms with E-state index in [9.17, 15) is 8.42 Å². The van der Waals surface area contributed by atoms with Crippen LogP contribution < -0.4 is 0 Å². The van der Waals surface area contributed by atoms with Crippen LogP contribution in [0.2, 0.25) is 0 Å². The third kappa shape index (κ3) is 2.41. The summed E-state index contributed by atoms with van der Waals surface area (Å²) in [5.41, 5.74) is 1.23. The van der Waals surface area contributed by atoms with E-state index in [0.717, 1.165) is 12.8 Å². The Labute approximate surface area is 108 Å². The fourth-order valence-electron chi connectivity index (χ4n) is 2.51. The van der Waals surface area contributed by atoms with Crippen LogP contribution in [0.3, 0.4) is 0 Å². The van der Waals surface area contributed by atoms with Crippen LogP contribution in [0.25, 0.3) is 0 Å². The van der Waals surface area contributed by atoms with Gasteiger partial charge in [-0.3, -0.25) is 0 Å². The van der Waals surface area contributed by atoms with E-state index in [4.69, 9.17) is 0 Å². The van der Waals surface area contributed by atoms with E-state index in [1.54, 1.807) is 15.6 Å². The summed E-state index contributed by atoms with van der Waals surface area (Å²) in [5, 5.41) is 2.07. The van der Waals surface area contributed by atoms with Crippen LogP contribution in [-0.2, 0) is 16.4 Å². The fourth-order valence-corrected chi connectivity index (χ4v) is 5.20. The number of hydrogen-bond acceptors (Lipinski definition) is 3. The second kappa shape index (κ2) is 5.08.